The van der Waals surface area contributed by atoms with Crippen molar-refractivity contribution in [2.45, 2.75) is 19.9 Å². The van der Waals surface area contributed by atoms with E-state index in [1.165, 1.54) is 0 Å². The van der Waals surface area contributed by atoms with Crippen LogP contribution in [0.15, 0.2) is 36.4 Å². The Hall–Kier alpha value is -2.23. The quantitative estimate of drug-likeness (QED) is 0.886. The van der Waals surface area contributed by atoms with Gasteiger partial charge < -0.3 is 15.2 Å². The van der Waals surface area contributed by atoms with E-state index in [1.54, 1.807) is 12.1 Å². The first kappa shape index (κ1) is 13.2. The van der Waals surface area contributed by atoms with Crippen LogP contribution in [0.25, 0.3) is 10.8 Å². The van der Waals surface area contributed by atoms with Crippen molar-refractivity contribution in [2.24, 2.45) is 0 Å². The molecule has 0 saturated heterocycles. The monoisotopic (exact) mass is 259 g/mol. The third-order valence-corrected chi connectivity index (χ3v) is 2.64. The highest BCUT2D eigenvalue weighted by Gasteiger charge is 2.08. The standard InChI is InChI=1S/C15H17NO3/c1-10(2)16-15(18)9-19-14-8-12-6-4-3-5-11(12)7-13(14)17/h3-8,10,17H,9H2,1-2H3,(H,16,18). The summed E-state index contributed by atoms with van der Waals surface area (Å²) in [5.41, 5.74) is 0. The molecule has 4 heteroatoms. The Morgan fingerprint density at radius 2 is 1.89 bits per heavy atom. The lowest BCUT2D eigenvalue weighted by molar-refractivity contribution is -0.123. The number of amides is 1. The number of benzene rings is 2. The van der Waals surface area contributed by atoms with E-state index in [0.29, 0.717) is 5.75 Å². The second-order valence-electron chi connectivity index (χ2n) is 4.68. The summed E-state index contributed by atoms with van der Waals surface area (Å²) in [6.45, 7) is 3.65. The number of aromatic hydroxyl groups is 1. The summed E-state index contributed by atoms with van der Waals surface area (Å²) >= 11 is 0. The van der Waals surface area contributed by atoms with Crippen molar-refractivity contribution >= 4 is 16.7 Å². The van der Waals surface area contributed by atoms with Crippen LogP contribution in [0.5, 0.6) is 11.5 Å². The smallest absolute Gasteiger partial charge is 0.258 e. The molecule has 2 aromatic carbocycles. The number of ether oxygens (including phenoxy) is 1. The summed E-state index contributed by atoms with van der Waals surface area (Å²) < 4.78 is 5.35. The molecular weight excluding hydrogens is 242 g/mol. The van der Waals surface area contributed by atoms with Gasteiger partial charge in [-0.05, 0) is 36.8 Å². The van der Waals surface area contributed by atoms with E-state index in [2.05, 4.69) is 5.32 Å². The molecular formula is C15H17NO3. The first-order chi connectivity index (χ1) is 9.06. The first-order valence-corrected chi connectivity index (χ1v) is 6.20. The number of hydrogen-bond donors (Lipinski definition) is 2. The molecule has 0 fully saturated rings. The SMILES string of the molecule is CC(C)NC(=O)COc1cc2ccccc2cc1O. The number of phenols is 1. The fraction of sp³-hybridized carbons (Fsp3) is 0.267. The van der Waals surface area contributed by atoms with E-state index in [-0.39, 0.29) is 24.3 Å². The molecule has 2 N–H and O–H groups in total. The highest BCUT2D eigenvalue weighted by Crippen LogP contribution is 2.31. The number of phenolic OH excluding ortho intramolecular Hbond substituents is 1. The third-order valence-electron chi connectivity index (χ3n) is 2.64. The van der Waals surface area contributed by atoms with Crippen molar-refractivity contribution in [1.82, 2.24) is 5.32 Å². The summed E-state index contributed by atoms with van der Waals surface area (Å²) in [7, 11) is 0. The normalized spacial score (nSPS) is 10.7. The third kappa shape index (κ3) is 3.37. The minimum absolute atomic E-state index is 0.0380. The van der Waals surface area contributed by atoms with Crippen molar-refractivity contribution in [3.63, 3.8) is 0 Å². The fourth-order valence-corrected chi connectivity index (χ4v) is 1.83. The van der Waals surface area contributed by atoms with E-state index >= 15 is 0 Å². The molecule has 0 spiro atoms. The van der Waals surface area contributed by atoms with Gasteiger partial charge in [0.25, 0.3) is 5.91 Å². The molecule has 2 aromatic rings. The van der Waals surface area contributed by atoms with Crippen LogP contribution in [-0.2, 0) is 4.79 Å². The summed E-state index contributed by atoms with van der Waals surface area (Å²) in [4.78, 5) is 11.5. The number of hydrogen-bond acceptors (Lipinski definition) is 3. The molecule has 4 nitrogen and oxygen atoms in total. The van der Waals surface area contributed by atoms with Gasteiger partial charge >= 0.3 is 0 Å². The second-order valence-corrected chi connectivity index (χ2v) is 4.68. The Morgan fingerprint density at radius 3 is 2.53 bits per heavy atom. The van der Waals surface area contributed by atoms with E-state index < -0.39 is 0 Å². The van der Waals surface area contributed by atoms with Gasteiger partial charge in [0, 0.05) is 6.04 Å². The Labute approximate surface area is 112 Å². The van der Waals surface area contributed by atoms with E-state index in [9.17, 15) is 9.90 Å². The number of fused-ring (bicyclic) bond motifs is 1. The van der Waals surface area contributed by atoms with Crippen LogP contribution in [0.3, 0.4) is 0 Å². The minimum atomic E-state index is -0.206. The van der Waals surface area contributed by atoms with E-state index in [1.807, 2.05) is 38.1 Å². The van der Waals surface area contributed by atoms with Gasteiger partial charge in [-0.2, -0.15) is 0 Å². The number of rotatable bonds is 4. The topological polar surface area (TPSA) is 58.6 Å². The van der Waals surface area contributed by atoms with Crippen molar-refractivity contribution < 1.29 is 14.6 Å². The molecule has 0 aliphatic heterocycles. The molecule has 0 unspecified atom stereocenters. The Morgan fingerprint density at radius 1 is 1.26 bits per heavy atom. The van der Waals surface area contributed by atoms with E-state index in [4.69, 9.17) is 4.74 Å². The highest BCUT2D eigenvalue weighted by molar-refractivity contribution is 5.86. The minimum Gasteiger partial charge on any atom is -0.504 e. The van der Waals surface area contributed by atoms with Crippen LogP contribution in [0.2, 0.25) is 0 Å². The average Bonchev–Trinajstić information content (AvgIpc) is 2.35. The van der Waals surface area contributed by atoms with Crippen LogP contribution < -0.4 is 10.1 Å². The van der Waals surface area contributed by atoms with Crippen molar-refractivity contribution in [1.29, 1.82) is 0 Å². The fourth-order valence-electron chi connectivity index (χ4n) is 1.83. The van der Waals surface area contributed by atoms with Gasteiger partial charge in [0.15, 0.2) is 18.1 Å². The zero-order chi connectivity index (χ0) is 13.8. The van der Waals surface area contributed by atoms with Gasteiger partial charge in [-0.25, -0.2) is 0 Å². The predicted octanol–water partition coefficient (Wildman–Crippen LogP) is 2.45. The Bertz CT molecular complexity index is 593. The molecule has 0 saturated carbocycles. The van der Waals surface area contributed by atoms with Gasteiger partial charge in [-0.3, -0.25) is 4.79 Å². The van der Waals surface area contributed by atoms with Crippen molar-refractivity contribution in [2.75, 3.05) is 6.61 Å². The van der Waals surface area contributed by atoms with Crippen LogP contribution in [0, 0.1) is 0 Å². The Kier molecular flexibility index (Phi) is 3.90. The lowest BCUT2D eigenvalue weighted by Crippen LogP contribution is -2.34. The van der Waals surface area contributed by atoms with Gasteiger partial charge in [0.2, 0.25) is 0 Å². The molecule has 0 aliphatic carbocycles. The molecule has 19 heavy (non-hydrogen) atoms. The second kappa shape index (κ2) is 5.61. The maximum Gasteiger partial charge on any atom is 0.258 e. The zero-order valence-electron chi connectivity index (χ0n) is 11.0. The molecule has 0 radical (unpaired) electrons. The number of carbonyl (C=O) groups excluding carboxylic acids is 1. The lowest BCUT2D eigenvalue weighted by atomic mass is 10.1. The first-order valence-electron chi connectivity index (χ1n) is 6.20. The summed E-state index contributed by atoms with van der Waals surface area (Å²) in [6, 6.07) is 11.1. The maximum atomic E-state index is 11.5. The van der Waals surface area contributed by atoms with Crippen molar-refractivity contribution in [3.8, 4) is 11.5 Å². The van der Waals surface area contributed by atoms with Gasteiger partial charge in [0.1, 0.15) is 0 Å². The van der Waals surface area contributed by atoms with Gasteiger partial charge in [-0.1, -0.05) is 24.3 Å². The van der Waals surface area contributed by atoms with Crippen LogP contribution in [0.4, 0.5) is 0 Å². The van der Waals surface area contributed by atoms with Crippen LogP contribution in [-0.4, -0.2) is 23.7 Å². The molecule has 0 bridgehead atoms. The van der Waals surface area contributed by atoms with Gasteiger partial charge in [-0.15, -0.1) is 0 Å². The number of nitrogens with one attached hydrogen (secondary N) is 1. The van der Waals surface area contributed by atoms with E-state index in [0.717, 1.165) is 10.8 Å². The molecule has 1 amide bonds. The average molecular weight is 259 g/mol. The predicted molar refractivity (Wildman–Crippen MR) is 74.4 cm³/mol. The molecule has 100 valence electrons. The van der Waals surface area contributed by atoms with Crippen LogP contribution in [0.1, 0.15) is 13.8 Å². The largest absolute Gasteiger partial charge is 0.504 e. The lowest BCUT2D eigenvalue weighted by Gasteiger charge is -2.11. The molecule has 2 rings (SSSR count). The molecule has 0 aliphatic rings. The maximum absolute atomic E-state index is 11.5. The summed E-state index contributed by atoms with van der Waals surface area (Å²) in [6.07, 6.45) is 0. The van der Waals surface area contributed by atoms with Gasteiger partial charge in [0.05, 0.1) is 0 Å². The molecule has 0 atom stereocenters. The highest BCUT2D eigenvalue weighted by atomic mass is 16.5. The Balaban J connectivity index is 2.12. The zero-order valence-corrected chi connectivity index (χ0v) is 11.0. The summed E-state index contributed by atoms with van der Waals surface area (Å²) in [5.74, 6) is 0.149. The number of carbonyl (C=O) groups is 1. The summed E-state index contributed by atoms with van der Waals surface area (Å²) in [5, 5.41) is 14.5. The van der Waals surface area contributed by atoms with Crippen molar-refractivity contribution in [3.05, 3.63) is 36.4 Å². The van der Waals surface area contributed by atoms with Crippen LogP contribution >= 0.6 is 0 Å². The molecule has 0 aromatic heterocycles. The molecule has 0 heterocycles.